The van der Waals surface area contributed by atoms with E-state index in [9.17, 15) is 0 Å². The van der Waals surface area contributed by atoms with Crippen LogP contribution >= 0.6 is 0 Å². The van der Waals surface area contributed by atoms with Gasteiger partial charge in [0.05, 0.1) is 12.0 Å². The van der Waals surface area contributed by atoms with E-state index in [-0.39, 0.29) is 0 Å². The Balaban J connectivity index is 1.94. The second kappa shape index (κ2) is 4.79. The third-order valence-corrected chi connectivity index (χ3v) is 3.20. The number of imidazole rings is 1. The summed E-state index contributed by atoms with van der Waals surface area (Å²) in [5.41, 5.74) is 1.33. The lowest BCUT2D eigenvalue weighted by Gasteiger charge is -2.07. The number of nitrogens with one attached hydrogen (secondary N) is 1. The lowest BCUT2D eigenvalue weighted by atomic mass is 10.2. The monoisotopic (exact) mass is 207 g/mol. The van der Waals surface area contributed by atoms with E-state index in [1.165, 1.54) is 25.0 Å². The average Bonchev–Trinajstić information content (AvgIpc) is 2.85. The summed E-state index contributed by atoms with van der Waals surface area (Å²) in [7, 11) is 0. The zero-order chi connectivity index (χ0) is 10.7. The first-order valence-corrected chi connectivity index (χ1v) is 6.08. The summed E-state index contributed by atoms with van der Waals surface area (Å²) in [6.45, 7) is 6.38. The van der Waals surface area contributed by atoms with Crippen LogP contribution in [0.15, 0.2) is 12.5 Å². The zero-order valence-electron chi connectivity index (χ0n) is 9.74. The highest BCUT2D eigenvalue weighted by Gasteiger charge is 2.38. The van der Waals surface area contributed by atoms with Crippen molar-refractivity contribution in [1.82, 2.24) is 14.9 Å². The van der Waals surface area contributed by atoms with Crippen molar-refractivity contribution in [3.05, 3.63) is 18.2 Å². The van der Waals surface area contributed by atoms with Crippen LogP contribution in [0.5, 0.6) is 0 Å². The molecule has 0 aromatic carbocycles. The molecule has 0 spiro atoms. The van der Waals surface area contributed by atoms with Crippen LogP contribution in [0.1, 0.15) is 44.8 Å². The Labute approximate surface area is 91.9 Å². The topological polar surface area (TPSA) is 29.9 Å². The predicted molar refractivity (Wildman–Crippen MR) is 61.7 cm³/mol. The molecular formula is C12H21N3. The maximum atomic E-state index is 4.25. The van der Waals surface area contributed by atoms with Crippen molar-refractivity contribution in [1.29, 1.82) is 0 Å². The molecule has 1 saturated carbocycles. The molecule has 3 nitrogen and oxygen atoms in total. The van der Waals surface area contributed by atoms with Crippen molar-refractivity contribution in [2.45, 2.75) is 45.7 Å². The first-order chi connectivity index (χ1) is 7.36. The lowest BCUT2D eigenvalue weighted by molar-refractivity contribution is 0.575. The largest absolute Gasteiger partial charge is 0.330 e. The summed E-state index contributed by atoms with van der Waals surface area (Å²) >= 11 is 0. The molecular weight excluding hydrogens is 186 g/mol. The molecule has 0 amide bonds. The van der Waals surface area contributed by atoms with Crippen LogP contribution in [0.3, 0.4) is 0 Å². The summed E-state index contributed by atoms with van der Waals surface area (Å²) < 4.78 is 2.36. The van der Waals surface area contributed by atoms with Gasteiger partial charge < -0.3 is 9.88 Å². The number of nitrogens with zero attached hydrogens (tertiary/aromatic N) is 2. The molecule has 0 saturated heterocycles. The van der Waals surface area contributed by atoms with Crippen molar-refractivity contribution < 1.29 is 0 Å². The van der Waals surface area contributed by atoms with Crippen LogP contribution in [0.4, 0.5) is 0 Å². The maximum Gasteiger partial charge on any atom is 0.0951 e. The van der Waals surface area contributed by atoms with Crippen LogP contribution in [-0.2, 0) is 6.54 Å². The minimum absolute atomic E-state index is 0.737. The second-order valence-electron chi connectivity index (χ2n) is 4.42. The average molecular weight is 207 g/mol. The minimum Gasteiger partial charge on any atom is -0.330 e. The summed E-state index contributed by atoms with van der Waals surface area (Å²) in [6, 6.07) is 0.737. The van der Waals surface area contributed by atoms with Gasteiger partial charge in [0.25, 0.3) is 0 Å². The number of aromatic nitrogens is 2. The lowest BCUT2D eigenvalue weighted by Crippen LogP contribution is -2.15. The summed E-state index contributed by atoms with van der Waals surface area (Å²) in [5, 5.41) is 3.36. The molecule has 0 radical (unpaired) electrons. The Hall–Kier alpha value is -0.830. The highest BCUT2D eigenvalue weighted by Crippen LogP contribution is 2.46. The molecule has 1 aromatic heterocycles. The first-order valence-electron chi connectivity index (χ1n) is 6.08. The zero-order valence-corrected chi connectivity index (χ0v) is 9.74. The van der Waals surface area contributed by atoms with E-state index in [0.717, 1.165) is 25.0 Å². The van der Waals surface area contributed by atoms with Gasteiger partial charge >= 0.3 is 0 Å². The molecule has 1 aliphatic rings. The molecule has 1 N–H and O–H groups in total. The molecule has 2 atom stereocenters. The Morgan fingerprint density at radius 1 is 1.53 bits per heavy atom. The molecule has 1 aromatic rings. The van der Waals surface area contributed by atoms with Gasteiger partial charge in [0.2, 0.25) is 0 Å². The smallest absolute Gasteiger partial charge is 0.0951 e. The molecule has 1 aliphatic carbocycles. The van der Waals surface area contributed by atoms with Gasteiger partial charge in [0, 0.05) is 18.8 Å². The molecule has 0 aliphatic heterocycles. The fourth-order valence-electron chi connectivity index (χ4n) is 2.27. The molecule has 0 bridgehead atoms. The number of hydrogen-bond donors (Lipinski definition) is 1. The fourth-order valence-corrected chi connectivity index (χ4v) is 2.27. The van der Waals surface area contributed by atoms with Gasteiger partial charge in [-0.05, 0) is 25.3 Å². The Bertz CT molecular complexity index is 306. The van der Waals surface area contributed by atoms with Gasteiger partial charge in [0.15, 0.2) is 0 Å². The summed E-state index contributed by atoms with van der Waals surface area (Å²) in [4.78, 5) is 4.25. The van der Waals surface area contributed by atoms with E-state index in [2.05, 4.69) is 28.7 Å². The summed E-state index contributed by atoms with van der Waals surface area (Å²) in [6.07, 6.45) is 8.00. The summed E-state index contributed by atoms with van der Waals surface area (Å²) in [5.74, 6) is 0.907. The standard InChI is InChI=1S/C12H21N3/c1-3-5-10-6-12(10)15-9-14-8-11(15)7-13-4-2/h8-10,12-13H,3-7H2,1-2H3. The van der Waals surface area contributed by atoms with E-state index in [1.807, 2.05) is 12.5 Å². The highest BCUT2D eigenvalue weighted by molar-refractivity contribution is 5.05. The van der Waals surface area contributed by atoms with E-state index in [0.29, 0.717) is 0 Å². The fraction of sp³-hybridized carbons (Fsp3) is 0.750. The van der Waals surface area contributed by atoms with Gasteiger partial charge in [-0.25, -0.2) is 4.98 Å². The van der Waals surface area contributed by atoms with Crippen molar-refractivity contribution >= 4 is 0 Å². The quantitative estimate of drug-likeness (QED) is 0.776. The Kier molecular flexibility index (Phi) is 3.41. The normalized spacial score (nSPS) is 24.4. The van der Waals surface area contributed by atoms with Gasteiger partial charge in [-0.2, -0.15) is 0 Å². The van der Waals surface area contributed by atoms with Gasteiger partial charge in [-0.3, -0.25) is 0 Å². The van der Waals surface area contributed by atoms with Crippen LogP contribution < -0.4 is 5.32 Å². The predicted octanol–water partition coefficient (Wildman–Crippen LogP) is 2.35. The molecule has 15 heavy (non-hydrogen) atoms. The number of hydrogen-bond acceptors (Lipinski definition) is 2. The third kappa shape index (κ3) is 2.40. The van der Waals surface area contributed by atoms with E-state index < -0.39 is 0 Å². The van der Waals surface area contributed by atoms with Gasteiger partial charge in [-0.1, -0.05) is 20.3 Å². The van der Waals surface area contributed by atoms with Crippen LogP contribution in [0.25, 0.3) is 0 Å². The van der Waals surface area contributed by atoms with Crippen molar-refractivity contribution in [2.24, 2.45) is 5.92 Å². The van der Waals surface area contributed by atoms with Gasteiger partial charge in [-0.15, -0.1) is 0 Å². The minimum atomic E-state index is 0.737. The SMILES string of the molecule is CCCC1CC1n1cncc1CNCC. The van der Waals surface area contributed by atoms with Crippen molar-refractivity contribution in [3.63, 3.8) is 0 Å². The van der Waals surface area contributed by atoms with Crippen molar-refractivity contribution in [2.75, 3.05) is 6.54 Å². The van der Waals surface area contributed by atoms with E-state index >= 15 is 0 Å². The van der Waals surface area contributed by atoms with Gasteiger partial charge in [0.1, 0.15) is 0 Å². The highest BCUT2D eigenvalue weighted by atomic mass is 15.1. The first kappa shape index (κ1) is 10.7. The third-order valence-electron chi connectivity index (χ3n) is 3.20. The molecule has 2 rings (SSSR count). The molecule has 2 unspecified atom stereocenters. The second-order valence-corrected chi connectivity index (χ2v) is 4.42. The molecule has 1 heterocycles. The molecule has 1 fully saturated rings. The van der Waals surface area contributed by atoms with E-state index in [1.54, 1.807) is 0 Å². The van der Waals surface area contributed by atoms with Crippen molar-refractivity contribution in [3.8, 4) is 0 Å². The molecule has 3 heteroatoms. The molecule has 84 valence electrons. The number of rotatable bonds is 6. The van der Waals surface area contributed by atoms with E-state index in [4.69, 9.17) is 0 Å². The van der Waals surface area contributed by atoms with Crippen LogP contribution in [0, 0.1) is 5.92 Å². The Morgan fingerprint density at radius 3 is 3.13 bits per heavy atom. The van der Waals surface area contributed by atoms with Crippen LogP contribution in [-0.4, -0.2) is 16.1 Å². The Morgan fingerprint density at radius 2 is 2.40 bits per heavy atom. The maximum absolute atomic E-state index is 4.25. The van der Waals surface area contributed by atoms with Crippen LogP contribution in [0.2, 0.25) is 0 Å².